The Balaban J connectivity index is 2.15. The molecule has 0 bridgehead atoms. The Kier molecular flexibility index (Phi) is 1.93. The average Bonchev–Trinajstić information content (AvgIpc) is 2.79. The van der Waals surface area contributed by atoms with E-state index in [9.17, 15) is 0 Å². The fourth-order valence-electron chi connectivity index (χ4n) is 1.74. The summed E-state index contributed by atoms with van der Waals surface area (Å²) in [4.78, 5) is 12.9. The first-order valence-corrected chi connectivity index (χ1v) is 5.09. The highest BCUT2D eigenvalue weighted by molar-refractivity contribution is 5.80. The van der Waals surface area contributed by atoms with Crippen molar-refractivity contribution >= 4 is 17.7 Å². The van der Waals surface area contributed by atoms with Gasteiger partial charge >= 0.3 is 0 Å². The lowest BCUT2D eigenvalue weighted by Gasteiger charge is -2.05. The molecule has 0 saturated carbocycles. The van der Waals surface area contributed by atoms with Crippen LogP contribution in [-0.4, -0.2) is 16.2 Å². The van der Waals surface area contributed by atoms with Crippen molar-refractivity contribution in [2.45, 2.75) is 6.42 Å². The van der Waals surface area contributed by atoms with Crippen LogP contribution in [0.2, 0.25) is 0 Å². The summed E-state index contributed by atoms with van der Waals surface area (Å²) in [7, 11) is 0. The third kappa shape index (κ3) is 1.35. The van der Waals surface area contributed by atoms with E-state index in [0.717, 1.165) is 23.4 Å². The summed E-state index contributed by atoms with van der Waals surface area (Å²) >= 11 is 0. The number of hydrogen-bond donors (Lipinski definition) is 1. The lowest BCUT2D eigenvalue weighted by molar-refractivity contribution is 1.11. The highest BCUT2D eigenvalue weighted by Gasteiger charge is 2.15. The molecule has 3 rings (SSSR count). The Morgan fingerprint density at radius 2 is 1.88 bits per heavy atom. The number of nitrogens with two attached hydrogens (primary N) is 1. The normalized spacial score (nSPS) is 12.8. The maximum atomic E-state index is 5.85. The molecular formula is C12H10N4. The lowest BCUT2D eigenvalue weighted by atomic mass is 10.2. The molecule has 78 valence electrons. The number of nitrogens with zero attached hydrogens (tertiary/aromatic N) is 3. The molecule has 0 radical (unpaired) electrons. The number of rotatable bonds is 1. The topological polar surface area (TPSA) is 64.2 Å². The fraction of sp³-hybridized carbons (Fsp3) is 0.0833. The average molecular weight is 210 g/mol. The predicted octanol–water partition coefficient (Wildman–Crippen LogP) is 1.98. The van der Waals surface area contributed by atoms with Crippen molar-refractivity contribution in [2.24, 2.45) is 4.99 Å². The van der Waals surface area contributed by atoms with Gasteiger partial charge in [-0.2, -0.15) is 0 Å². The molecular weight excluding hydrogens is 200 g/mol. The van der Waals surface area contributed by atoms with Crippen molar-refractivity contribution < 1.29 is 0 Å². The van der Waals surface area contributed by atoms with Gasteiger partial charge in [0.25, 0.3) is 0 Å². The molecule has 2 N–H and O–H groups in total. The molecule has 2 heterocycles. The zero-order valence-corrected chi connectivity index (χ0v) is 8.59. The maximum Gasteiger partial charge on any atom is 0.161 e. The Morgan fingerprint density at radius 1 is 1.06 bits per heavy atom. The summed E-state index contributed by atoms with van der Waals surface area (Å²) in [6, 6.07) is 9.81. The van der Waals surface area contributed by atoms with Gasteiger partial charge in [-0.1, -0.05) is 30.3 Å². The van der Waals surface area contributed by atoms with E-state index in [1.165, 1.54) is 0 Å². The van der Waals surface area contributed by atoms with Crippen molar-refractivity contribution in [1.29, 1.82) is 0 Å². The SMILES string of the molecule is Nc1nc(-c2ccccc2)nc2c1N=CC2. The predicted molar refractivity (Wildman–Crippen MR) is 63.7 cm³/mol. The number of anilines is 1. The molecule has 0 aliphatic carbocycles. The molecule has 1 aliphatic rings. The lowest BCUT2D eigenvalue weighted by Crippen LogP contribution is -1.99. The van der Waals surface area contributed by atoms with Crippen LogP contribution in [-0.2, 0) is 6.42 Å². The number of aliphatic imine (C=N–C) groups is 1. The molecule has 1 aromatic heterocycles. The van der Waals surface area contributed by atoms with Gasteiger partial charge in [-0.3, -0.25) is 4.99 Å². The van der Waals surface area contributed by atoms with Gasteiger partial charge < -0.3 is 5.73 Å². The summed E-state index contributed by atoms with van der Waals surface area (Å²) < 4.78 is 0. The summed E-state index contributed by atoms with van der Waals surface area (Å²) in [6.45, 7) is 0. The van der Waals surface area contributed by atoms with Crippen molar-refractivity contribution in [2.75, 3.05) is 5.73 Å². The summed E-state index contributed by atoms with van der Waals surface area (Å²) in [6.07, 6.45) is 2.55. The van der Waals surface area contributed by atoms with Gasteiger partial charge in [0.05, 0.1) is 5.69 Å². The molecule has 0 saturated heterocycles. The standard InChI is InChI=1S/C12H10N4/c13-11-10-9(6-7-14-10)15-12(16-11)8-4-2-1-3-5-8/h1-5,7H,6H2,(H2,13,15,16). The molecule has 0 fully saturated rings. The molecule has 4 nitrogen and oxygen atoms in total. The smallest absolute Gasteiger partial charge is 0.161 e. The van der Waals surface area contributed by atoms with E-state index in [0.29, 0.717) is 11.6 Å². The molecule has 2 aromatic rings. The summed E-state index contributed by atoms with van der Waals surface area (Å²) in [5.74, 6) is 1.12. The third-order valence-electron chi connectivity index (χ3n) is 2.52. The van der Waals surface area contributed by atoms with Gasteiger partial charge in [-0.05, 0) is 0 Å². The number of hydrogen-bond acceptors (Lipinski definition) is 4. The third-order valence-corrected chi connectivity index (χ3v) is 2.52. The Morgan fingerprint density at radius 3 is 2.69 bits per heavy atom. The monoisotopic (exact) mass is 210 g/mol. The second kappa shape index (κ2) is 3.41. The van der Waals surface area contributed by atoms with Crippen LogP contribution in [0.1, 0.15) is 5.69 Å². The molecule has 0 atom stereocenters. The summed E-state index contributed by atoms with van der Waals surface area (Å²) in [5, 5.41) is 0. The van der Waals surface area contributed by atoms with E-state index < -0.39 is 0 Å². The first-order chi connectivity index (χ1) is 7.84. The number of aromatic nitrogens is 2. The molecule has 0 spiro atoms. The number of benzene rings is 1. The van der Waals surface area contributed by atoms with Crippen molar-refractivity contribution in [3.05, 3.63) is 36.0 Å². The van der Waals surface area contributed by atoms with Gasteiger partial charge in [-0.15, -0.1) is 0 Å². The van der Waals surface area contributed by atoms with Crippen LogP contribution < -0.4 is 5.73 Å². The Bertz CT molecular complexity index is 561. The largest absolute Gasteiger partial charge is 0.382 e. The first kappa shape index (κ1) is 9.03. The maximum absolute atomic E-state index is 5.85. The Hall–Kier alpha value is -2.23. The van der Waals surface area contributed by atoms with E-state index in [2.05, 4.69) is 15.0 Å². The minimum atomic E-state index is 0.456. The molecule has 16 heavy (non-hydrogen) atoms. The van der Waals surface area contributed by atoms with Gasteiger partial charge in [0.1, 0.15) is 5.69 Å². The van der Waals surface area contributed by atoms with E-state index in [1.54, 1.807) is 0 Å². The quantitative estimate of drug-likeness (QED) is 0.782. The molecule has 1 aromatic carbocycles. The van der Waals surface area contributed by atoms with Gasteiger partial charge in [0.2, 0.25) is 0 Å². The van der Waals surface area contributed by atoms with Crippen LogP contribution in [0, 0.1) is 0 Å². The zero-order valence-electron chi connectivity index (χ0n) is 8.59. The zero-order chi connectivity index (χ0) is 11.0. The van der Waals surface area contributed by atoms with E-state index in [-0.39, 0.29) is 0 Å². The number of fused-ring (bicyclic) bond motifs is 1. The second-order valence-corrected chi connectivity index (χ2v) is 3.61. The molecule has 0 amide bonds. The Labute approximate surface area is 92.9 Å². The highest BCUT2D eigenvalue weighted by Crippen LogP contribution is 2.30. The number of nitrogen functional groups attached to an aromatic ring is 1. The second-order valence-electron chi connectivity index (χ2n) is 3.61. The molecule has 0 unspecified atom stereocenters. The summed E-state index contributed by atoms with van der Waals surface area (Å²) in [5.41, 5.74) is 8.45. The van der Waals surface area contributed by atoms with Crippen molar-refractivity contribution in [1.82, 2.24) is 9.97 Å². The highest BCUT2D eigenvalue weighted by atomic mass is 15.0. The van der Waals surface area contributed by atoms with Gasteiger partial charge in [0.15, 0.2) is 11.6 Å². The van der Waals surface area contributed by atoms with E-state index in [4.69, 9.17) is 5.73 Å². The molecule has 1 aliphatic heterocycles. The van der Waals surface area contributed by atoms with Crippen LogP contribution in [0.15, 0.2) is 35.3 Å². The fourth-order valence-corrected chi connectivity index (χ4v) is 1.74. The van der Waals surface area contributed by atoms with Crippen LogP contribution >= 0.6 is 0 Å². The first-order valence-electron chi connectivity index (χ1n) is 5.09. The minimum Gasteiger partial charge on any atom is -0.382 e. The van der Waals surface area contributed by atoms with Gasteiger partial charge in [-0.25, -0.2) is 9.97 Å². The van der Waals surface area contributed by atoms with Crippen LogP contribution in [0.4, 0.5) is 11.5 Å². The van der Waals surface area contributed by atoms with Crippen LogP contribution in [0.25, 0.3) is 11.4 Å². The van der Waals surface area contributed by atoms with Gasteiger partial charge in [0, 0.05) is 18.2 Å². The van der Waals surface area contributed by atoms with E-state index >= 15 is 0 Å². The van der Waals surface area contributed by atoms with Crippen LogP contribution in [0.5, 0.6) is 0 Å². The van der Waals surface area contributed by atoms with Crippen LogP contribution in [0.3, 0.4) is 0 Å². The van der Waals surface area contributed by atoms with E-state index in [1.807, 2.05) is 36.5 Å². The van der Waals surface area contributed by atoms with Crippen molar-refractivity contribution in [3.8, 4) is 11.4 Å². The van der Waals surface area contributed by atoms with Crippen molar-refractivity contribution in [3.63, 3.8) is 0 Å². The minimum absolute atomic E-state index is 0.456. The molecule has 4 heteroatoms.